The number of thiophene rings is 1. The second-order valence-electron chi connectivity index (χ2n) is 3.82. The van der Waals surface area contributed by atoms with Crippen molar-refractivity contribution in [1.82, 2.24) is 0 Å². The first kappa shape index (κ1) is 11.9. The molecule has 1 aromatic carbocycles. The fourth-order valence-corrected chi connectivity index (χ4v) is 2.28. The van der Waals surface area contributed by atoms with Gasteiger partial charge in [0.05, 0.1) is 6.61 Å². The molecule has 17 heavy (non-hydrogen) atoms. The number of hydrogen-bond acceptors (Lipinski definition) is 2. The van der Waals surface area contributed by atoms with Crippen molar-refractivity contribution in [2.45, 2.75) is 12.8 Å². The lowest BCUT2D eigenvalue weighted by atomic mass is 10.1. The van der Waals surface area contributed by atoms with Crippen molar-refractivity contribution < 1.29 is 4.74 Å². The molecule has 0 aliphatic heterocycles. The molecule has 0 N–H and O–H groups in total. The van der Waals surface area contributed by atoms with Crippen LogP contribution in [-0.2, 0) is 0 Å². The Bertz CT molecular complexity index is 460. The van der Waals surface area contributed by atoms with Crippen LogP contribution in [0.4, 0.5) is 0 Å². The molecular formula is C15H16OS. The summed E-state index contributed by atoms with van der Waals surface area (Å²) in [5.74, 6) is 0.942. The standard InChI is InChI=1S/C15H16OS/c1-2-3-4-9-16-15-7-5-6-13(11-15)14-8-10-17-12-14/h2,5-8,10-12H,1,3-4,9H2. The van der Waals surface area contributed by atoms with Crippen LogP contribution in [0.15, 0.2) is 53.7 Å². The van der Waals surface area contributed by atoms with Gasteiger partial charge in [-0.1, -0.05) is 18.2 Å². The molecule has 0 bridgehead atoms. The molecule has 2 rings (SSSR count). The maximum atomic E-state index is 5.70. The summed E-state index contributed by atoms with van der Waals surface area (Å²) in [4.78, 5) is 0. The van der Waals surface area contributed by atoms with E-state index >= 15 is 0 Å². The normalized spacial score (nSPS) is 10.1. The van der Waals surface area contributed by atoms with Gasteiger partial charge in [-0.3, -0.25) is 0 Å². The minimum Gasteiger partial charge on any atom is -0.494 e. The van der Waals surface area contributed by atoms with E-state index in [0.717, 1.165) is 25.2 Å². The highest BCUT2D eigenvalue weighted by atomic mass is 32.1. The van der Waals surface area contributed by atoms with Crippen molar-refractivity contribution in [2.75, 3.05) is 6.61 Å². The minimum absolute atomic E-state index is 0.749. The Morgan fingerprint density at radius 3 is 2.94 bits per heavy atom. The van der Waals surface area contributed by atoms with Crippen LogP contribution in [0.5, 0.6) is 5.75 Å². The van der Waals surface area contributed by atoms with E-state index in [1.54, 1.807) is 11.3 Å². The van der Waals surface area contributed by atoms with Gasteiger partial charge in [0.2, 0.25) is 0 Å². The smallest absolute Gasteiger partial charge is 0.119 e. The zero-order valence-electron chi connectivity index (χ0n) is 9.76. The number of hydrogen-bond donors (Lipinski definition) is 0. The molecule has 0 fully saturated rings. The van der Waals surface area contributed by atoms with Gasteiger partial charge in [0, 0.05) is 0 Å². The molecule has 88 valence electrons. The largest absolute Gasteiger partial charge is 0.494 e. The average Bonchev–Trinajstić information content (AvgIpc) is 2.89. The lowest BCUT2D eigenvalue weighted by molar-refractivity contribution is 0.312. The molecule has 0 unspecified atom stereocenters. The molecule has 0 saturated carbocycles. The average molecular weight is 244 g/mol. The third-order valence-corrected chi connectivity index (χ3v) is 3.19. The van der Waals surface area contributed by atoms with Gasteiger partial charge in [0.15, 0.2) is 0 Å². The zero-order valence-corrected chi connectivity index (χ0v) is 10.6. The van der Waals surface area contributed by atoms with Crippen molar-refractivity contribution in [3.63, 3.8) is 0 Å². The Morgan fingerprint density at radius 1 is 1.24 bits per heavy atom. The molecule has 0 atom stereocenters. The molecule has 0 aliphatic rings. The number of unbranched alkanes of at least 4 members (excludes halogenated alkanes) is 1. The highest BCUT2D eigenvalue weighted by Crippen LogP contribution is 2.25. The SMILES string of the molecule is C=CCCCOc1cccc(-c2ccsc2)c1. The first-order chi connectivity index (χ1) is 8.40. The molecule has 1 nitrogen and oxygen atoms in total. The molecule has 2 aromatic rings. The number of ether oxygens (including phenoxy) is 1. The lowest BCUT2D eigenvalue weighted by Crippen LogP contribution is -1.96. The lowest BCUT2D eigenvalue weighted by Gasteiger charge is -2.06. The van der Waals surface area contributed by atoms with E-state index in [1.807, 2.05) is 18.2 Å². The van der Waals surface area contributed by atoms with Gasteiger partial charge in [-0.05, 0) is 52.9 Å². The topological polar surface area (TPSA) is 9.23 Å². The van der Waals surface area contributed by atoms with Gasteiger partial charge in [0.25, 0.3) is 0 Å². The fraction of sp³-hybridized carbons (Fsp3) is 0.200. The Kier molecular flexibility index (Phi) is 4.39. The van der Waals surface area contributed by atoms with Crippen LogP contribution in [0, 0.1) is 0 Å². The van der Waals surface area contributed by atoms with E-state index < -0.39 is 0 Å². The third-order valence-electron chi connectivity index (χ3n) is 2.51. The van der Waals surface area contributed by atoms with Crippen LogP contribution in [0.2, 0.25) is 0 Å². The highest BCUT2D eigenvalue weighted by molar-refractivity contribution is 7.08. The van der Waals surface area contributed by atoms with E-state index in [9.17, 15) is 0 Å². The Labute approximate surface area is 106 Å². The molecular weight excluding hydrogens is 228 g/mol. The van der Waals surface area contributed by atoms with Crippen LogP contribution < -0.4 is 4.74 Å². The first-order valence-electron chi connectivity index (χ1n) is 5.76. The summed E-state index contributed by atoms with van der Waals surface area (Å²) in [6.07, 6.45) is 3.95. The van der Waals surface area contributed by atoms with E-state index in [1.165, 1.54) is 11.1 Å². The van der Waals surface area contributed by atoms with E-state index in [2.05, 4.69) is 35.5 Å². The summed E-state index contributed by atoms with van der Waals surface area (Å²) >= 11 is 1.71. The second kappa shape index (κ2) is 6.26. The molecule has 0 amide bonds. The number of rotatable bonds is 6. The van der Waals surface area contributed by atoms with Crippen LogP contribution in [0.25, 0.3) is 11.1 Å². The van der Waals surface area contributed by atoms with Crippen molar-refractivity contribution >= 4 is 11.3 Å². The molecule has 1 heterocycles. The van der Waals surface area contributed by atoms with Crippen molar-refractivity contribution in [3.05, 3.63) is 53.7 Å². The van der Waals surface area contributed by atoms with Gasteiger partial charge in [-0.25, -0.2) is 0 Å². The minimum atomic E-state index is 0.749. The molecule has 0 saturated heterocycles. The highest BCUT2D eigenvalue weighted by Gasteiger charge is 2.00. The third kappa shape index (κ3) is 3.46. The van der Waals surface area contributed by atoms with Gasteiger partial charge in [0.1, 0.15) is 5.75 Å². The summed E-state index contributed by atoms with van der Waals surface area (Å²) in [6, 6.07) is 10.4. The van der Waals surface area contributed by atoms with Gasteiger partial charge >= 0.3 is 0 Å². The predicted molar refractivity (Wildman–Crippen MR) is 74.7 cm³/mol. The summed E-state index contributed by atoms with van der Waals surface area (Å²) in [5.41, 5.74) is 2.47. The predicted octanol–water partition coefficient (Wildman–Crippen LogP) is 4.76. The zero-order chi connectivity index (χ0) is 11.9. The molecule has 1 aromatic heterocycles. The Hall–Kier alpha value is -1.54. The van der Waals surface area contributed by atoms with Gasteiger partial charge in [-0.15, -0.1) is 6.58 Å². The van der Waals surface area contributed by atoms with Crippen molar-refractivity contribution in [2.24, 2.45) is 0 Å². The van der Waals surface area contributed by atoms with E-state index in [-0.39, 0.29) is 0 Å². The molecule has 2 heteroatoms. The summed E-state index contributed by atoms with van der Waals surface area (Å²) < 4.78 is 5.70. The van der Waals surface area contributed by atoms with E-state index in [4.69, 9.17) is 4.74 Å². The maximum Gasteiger partial charge on any atom is 0.119 e. The molecule has 0 spiro atoms. The van der Waals surface area contributed by atoms with Crippen molar-refractivity contribution in [3.8, 4) is 16.9 Å². The fourth-order valence-electron chi connectivity index (χ4n) is 1.61. The van der Waals surface area contributed by atoms with Crippen molar-refractivity contribution in [1.29, 1.82) is 0 Å². The maximum absolute atomic E-state index is 5.70. The Morgan fingerprint density at radius 2 is 2.18 bits per heavy atom. The second-order valence-corrected chi connectivity index (χ2v) is 4.60. The number of benzene rings is 1. The monoisotopic (exact) mass is 244 g/mol. The summed E-state index contributed by atoms with van der Waals surface area (Å²) in [6.45, 7) is 4.45. The van der Waals surface area contributed by atoms with Crippen LogP contribution in [0.3, 0.4) is 0 Å². The van der Waals surface area contributed by atoms with Crippen LogP contribution in [0.1, 0.15) is 12.8 Å². The summed E-state index contributed by atoms with van der Waals surface area (Å²) in [5, 5.41) is 4.24. The quantitative estimate of drug-likeness (QED) is 0.526. The van der Waals surface area contributed by atoms with Gasteiger partial charge in [-0.2, -0.15) is 11.3 Å². The number of allylic oxidation sites excluding steroid dienone is 1. The first-order valence-corrected chi connectivity index (χ1v) is 6.71. The van der Waals surface area contributed by atoms with Crippen LogP contribution >= 0.6 is 11.3 Å². The van der Waals surface area contributed by atoms with Gasteiger partial charge < -0.3 is 4.74 Å². The summed E-state index contributed by atoms with van der Waals surface area (Å²) in [7, 11) is 0. The molecule has 0 radical (unpaired) electrons. The van der Waals surface area contributed by atoms with Crippen LogP contribution in [-0.4, -0.2) is 6.61 Å². The Balaban J connectivity index is 1.99. The van der Waals surface area contributed by atoms with E-state index in [0.29, 0.717) is 0 Å². The molecule has 0 aliphatic carbocycles.